The van der Waals surface area contributed by atoms with E-state index in [-0.39, 0.29) is 12.5 Å². The quantitative estimate of drug-likeness (QED) is 0.596. The van der Waals surface area contributed by atoms with Crippen LogP contribution in [0.4, 0.5) is 0 Å². The Hall–Kier alpha value is -2.24. The molecule has 6 nitrogen and oxygen atoms in total. The number of rotatable bonds is 6. The molecule has 1 heterocycles. The molecule has 0 unspecified atom stereocenters. The molecule has 1 saturated heterocycles. The number of oxime groups is 1. The minimum atomic E-state index is -0.0445. The fraction of sp³-hybridized carbons (Fsp3) is 0.529. The number of hydrogen-bond acceptors (Lipinski definition) is 5. The van der Waals surface area contributed by atoms with Gasteiger partial charge < -0.3 is 19.2 Å². The van der Waals surface area contributed by atoms with Gasteiger partial charge in [-0.25, -0.2) is 0 Å². The minimum absolute atomic E-state index is 0.0216. The summed E-state index contributed by atoms with van der Waals surface area (Å²) in [7, 11) is 3.18. The Bertz CT molecular complexity index is 552. The van der Waals surface area contributed by atoms with Crippen molar-refractivity contribution in [1.29, 1.82) is 0 Å². The van der Waals surface area contributed by atoms with Gasteiger partial charge in [0.15, 0.2) is 6.61 Å². The van der Waals surface area contributed by atoms with Crippen molar-refractivity contribution in [1.82, 2.24) is 4.90 Å². The maximum atomic E-state index is 12.0. The molecule has 1 aliphatic heterocycles. The average molecular weight is 320 g/mol. The average Bonchev–Trinajstić information content (AvgIpc) is 2.58. The standard InChI is InChI=1S/C17H24N2O4/c1-13-6-8-19(9-7-13)17(20)12-23-18-11-14-10-15(21-2)4-5-16(14)22-3/h4-5,10-11,13H,6-9,12H2,1-3H3/b18-11-. The van der Waals surface area contributed by atoms with Gasteiger partial charge >= 0.3 is 0 Å². The topological polar surface area (TPSA) is 60.4 Å². The molecule has 126 valence electrons. The van der Waals surface area contributed by atoms with Crippen LogP contribution in [0, 0.1) is 5.92 Å². The number of likely N-dealkylation sites (tertiary alicyclic amines) is 1. The number of benzene rings is 1. The van der Waals surface area contributed by atoms with Gasteiger partial charge in [-0.2, -0.15) is 0 Å². The van der Waals surface area contributed by atoms with Crippen molar-refractivity contribution in [2.75, 3.05) is 33.9 Å². The Balaban J connectivity index is 1.85. The van der Waals surface area contributed by atoms with E-state index in [2.05, 4.69) is 12.1 Å². The lowest BCUT2D eigenvalue weighted by atomic mass is 9.99. The van der Waals surface area contributed by atoms with Crippen LogP contribution in [0.3, 0.4) is 0 Å². The highest BCUT2D eigenvalue weighted by atomic mass is 16.6. The van der Waals surface area contributed by atoms with Gasteiger partial charge in [0.1, 0.15) is 11.5 Å². The monoisotopic (exact) mass is 320 g/mol. The maximum Gasteiger partial charge on any atom is 0.263 e. The van der Waals surface area contributed by atoms with Crippen molar-refractivity contribution in [2.24, 2.45) is 11.1 Å². The van der Waals surface area contributed by atoms with Crippen LogP contribution in [-0.4, -0.2) is 50.9 Å². The first-order chi connectivity index (χ1) is 11.1. The van der Waals surface area contributed by atoms with Gasteiger partial charge in [-0.15, -0.1) is 0 Å². The summed E-state index contributed by atoms with van der Waals surface area (Å²) in [4.78, 5) is 19.0. The molecule has 1 fully saturated rings. The molecule has 0 atom stereocenters. The number of ether oxygens (including phenoxy) is 2. The van der Waals surface area contributed by atoms with Crippen molar-refractivity contribution in [3.63, 3.8) is 0 Å². The highest BCUT2D eigenvalue weighted by molar-refractivity contribution is 5.84. The first-order valence-corrected chi connectivity index (χ1v) is 7.79. The first kappa shape index (κ1) is 17.1. The number of hydrogen-bond donors (Lipinski definition) is 0. The first-order valence-electron chi connectivity index (χ1n) is 7.79. The molecule has 1 aromatic carbocycles. The Kier molecular flexibility index (Phi) is 6.26. The predicted molar refractivity (Wildman–Crippen MR) is 88.1 cm³/mol. The molecule has 1 aromatic rings. The number of carbonyl (C=O) groups excluding carboxylic acids is 1. The highest BCUT2D eigenvalue weighted by Crippen LogP contribution is 2.22. The molecule has 0 spiro atoms. The summed E-state index contributed by atoms with van der Waals surface area (Å²) in [6.07, 6.45) is 3.62. The van der Waals surface area contributed by atoms with Crippen molar-refractivity contribution in [3.8, 4) is 11.5 Å². The van der Waals surface area contributed by atoms with Gasteiger partial charge in [-0.05, 0) is 37.0 Å². The molecule has 6 heteroatoms. The van der Waals surface area contributed by atoms with E-state index in [0.29, 0.717) is 17.4 Å². The van der Waals surface area contributed by atoms with E-state index >= 15 is 0 Å². The fourth-order valence-electron chi connectivity index (χ4n) is 2.48. The van der Waals surface area contributed by atoms with Crippen molar-refractivity contribution >= 4 is 12.1 Å². The fourth-order valence-corrected chi connectivity index (χ4v) is 2.48. The van der Waals surface area contributed by atoms with Crippen LogP contribution in [0.1, 0.15) is 25.3 Å². The van der Waals surface area contributed by atoms with E-state index in [0.717, 1.165) is 31.5 Å². The summed E-state index contributed by atoms with van der Waals surface area (Å²) in [5.41, 5.74) is 0.728. The van der Waals surface area contributed by atoms with Crippen molar-refractivity contribution < 1.29 is 19.1 Å². The SMILES string of the molecule is COc1ccc(OC)c(/C=N\OCC(=O)N2CCC(C)CC2)c1. The third-order valence-corrected chi connectivity index (χ3v) is 4.03. The Morgan fingerprint density at radius 2 is 2.04 bits per heavy atom. The summed E-state index contributed by atoms with van der Waals surface area (Å²) in [6.45, 7) is 3.77. The van der Waals surface area contributed by atoms with E-state index in [9.17, 15) is 4.79 Å². The lowest BCUT2D eigenvalue weighted by molar-refractivity contribution is -0.137. The summed E-state index contributed by atoms with van der Waals surface area (Å²) >= 11 is 0. The number of methoxy groups -OCH3 is 2. The van der Waals surface area contributed by atoms with Crippen LogP contribution in [0.5, 0.6) is 11.5 Å². The van der Waals surface area contributed by atoms with E-state index in [1.54, 1.807) is 32.4 Å². The molecule has 0 aromatic heterocycles. The molecule has 2 rings (SSSR count). The Labute approximate surface area is 137 Å². The summed E-state index contributed by atoms with van der Waals surface area (Å²) in [5, 5.41) is 3.87. The van der Waals surface area contributed by atoms with Crippen LogP contribution in [-0.2, 0) is 9.63 Å². The van der Waals surface area contributed by atoms with E-state index < -0.39 is 0 Å². The van der Waals surface area contributed by atoms with E-state index in [4.69, 9.17) is 14.3 Å². The molecule has 0 saturated carbocycles. The molecule has 0 N–H and O–H groups in total. The molecule has 0 bridgehead atoms. The van der Waals surface area contributed by atoms with Crippen LogP contribution in [0.2, 0.25) is 0 Å². The zero-order valence-corrected chi connectivity index (χ0v) is 13.9. The number of nitrogens with zero attached hydrogens (tertiary/aromatic N) is 2. The van der Waals surface area contributed by atoms with Gasteiger partial charge in [-0.1, -0.05) is 12.1 Å². The van der Waals surface area contributed by atoms with Crippen LogP contribution in [0.25, 0.3) is 0 Å². The van der Waals surface area contributed by atoms with Gasteiger partial charge in [0.05, 0.1) is 20.4 Å². The van der Waals surface area contributed by atoms with Crippen LogP contribution < -0.4 is 9.47 Å². The van der Waals surface area contributed by atoms with Gasteiger partial charge in [0.25, 0.3) is 5.91 Å². The van der Waals surface area contributed by atoms with Crippen molar-refractivity contribution in [2.45, 2.75) is 19.8 Å². The van der Waals surface area contributed by atoms with Crippen LogP contribution >= 0.6 is 0 Å². The van der Waals surface area contributed by atoms with E-state index in [1.165, 1.54) is 6.21 Å². The summed E-state index contributed by atoms with van der Waals surface area (Å²) < 4.78 is 10.4. The zero-order chi connectivity index (χ0) is 16.7. The van der Waals surface area contributed by atoms with Gasteiger partial charge in [0, 0.05) is 18.7 Å². The third-order valence-electron chi connectivity index (χ3n) is 4.03. The minimum Gasteiger partial charge on any atom is -0.497 e. The summed E-state index contributed by atoms with van der Waals surface area (Å²) in [6, 6.07) is 5.39. The largest absolute Gasteiger partial charge is 0.497 e. The number of amides is 1. The molecule has 0 radical (unpaired) electrons. The third kappa shape index (κ3) is 4.87. The molecule has 23 heavy (non-hydrogen) atoms. The second-order valence-corrected chi connectivity index (χ2v) is 5.68. The van der Waals surface area contributed by atoms with E-state index in [1.807, 2.05) is 4.90 Å². The molecular formula is C17H24N2O4. The maximum absolute atomic E-state index is 12.0. The van der Waals surface area contributed by atoms with Crippen molar-refractivity contribution in [3.05, 3.63) is 23.8 Å². The highest BCUT2D eigenvalue weighted by Gasteiger charge is 2.20. The molecule has 1 aliphatic rings. The zero-order valence-electron chi connectivity index (χ0n) is 13.9. The Morgan fingerprint density at radius 3 is 2.70 bits per heavy atom. The molecular weight excluding hydrogens is 296 g/mol. The lowest BCUT2D eigenvalue weighted by Gasteiger charge is -2.29. The second kappa shape index (κ2) is 8.41. The van der Waals surface area contributed by atoms with Gasteiger partial charge in [-0.3, -0.25) is 4.79 Å². The number of piperidine rings is 1. The van der Waals surface area contributed by atoms with Gasteiger partial charge in [0.2, 0.25) is 0 Å². The second-order valence-electron chi connectivity index (χ2n) is 5.68. The molecule has 0 aliphatic carbocycles. The predicted octanol–water partition coefficient (Wildman–Crippen LogP) is 2.31. The lowest BCUT2D eigenvalue weighted by Crippen LogP contribution is -2.39. The normalized spacial score (nSPS) is 15.7. The Morgan fingerprint density at radius 1 is 1.30 bits per heavy atom. The van der Waals surface area contributed by atoms with Crippen LogP contribution in [0.15, 0.2) is 23.4 Å². The smallest absolute Gasteiger partial charge is 0.263 e. The summed E-state index contributed by atoms with van der Waals surface area (Å²) in [5.74, 6) is 2.03. The molecule has 1 amide bonds. The number of carbonyl (C=O) groups is 1.